The molecule has 0 radical (unpaired) electrons. The fourth-order valence-corrected chi connectivity index (χ4v) is 6.12. The van der Waals surface area contributed by atoms with Crippen molar-refractivity contribution in [1.29, 1.82) is 0 Å². The summed E-state index contributed by atoms with van der Waals surface area (Å²) in [6.45, 7) is 5.51. The lowest BCUT2D eigenvalue weighted by atomic mass is 9.87. The smallest absolute Gasteiger partial charge is 0.408 e. The van der Waals surface area contributed by atoms with E-state index in [0.29, 0.717) is 6.54 Å². The van der Waals surface area contributed by atoms with Gasteiger partial charge in [-0.25, -0.2) is 14.8 Å². The van der Waals surface area contributed by atoms with Gasteiger partial charge < -0.3 is 25.8 Å². The van der Waals surface area contributed by atoms with Crippen LogP contribution in [0.25, 0.3) is 21.1 Å². The van der Waals surface area contributed by atoms with Crippen LogP contribution >= 0.6 is 11.3 Å². The van der Waals surface area contributed by atoms with E-state index < -0.39 is 17.7 Å². The van der Waals surface area contributed by atoms with Crippen LogP contribution in [0.15, 0.2) is 30.7 Å². The van der Waals surface area contributed by atoms with Gasteiger partial charge in [0.15, 0.2) is 0 Å². The number of carbonyl (C=O) groups is 2. The van der Waals surface area contributed by atoms with Gasteiger partial charge in [-0.15, -0.1) is 11.3 Å². The fraction of sp³-hybridized carbons (Fsp3) is 0.444. The van der Waals surface area contributed by atoms with Gasteiger partial charge >= 0.3 is 6.09 Å². The number of anilines is 2. The van der Waals surface area contributed by atoms with Crippen molar-refractivity contribution in [2.24, 2.45) is 5.92 Å². The normalized spacial score (nSPS) is 16.1. The lowest BCUT2D eigenvalue weighted by Gasteiger charge is -2.25. The number of alkyl carbamates (subject to hydrolysis) is 1. The zero-order valence-electron chi connectivity index (χ0n) is 22.2. The van der Waals surface area contributed by atoms with Gasteiger partial charge in [0.1, 0.15) is 28.6 Å². The SMILES string of the molecule is CC(C)(C)OC(=O)N[C@@H](CCO)C(=O)NCC1CCc2c(sc3ncnc(Nc4ccc5[nH]ncc5c4)c23)C1. The molecule has 0 aliphatic heterocycles. The number of rotatable bonds is 8. The van der Waals surface area contributed by atoms with Gasteiger partial charge in [0.25, 0.3) is 0 Å². The highest BCUT2D eigenvalue weighted by molar-refractivity contribution is 7.19. The Morgan fingerprint density at radius 2 is 2.13 bits per heavy atom. The quantitative estimate of drug-likeness (QED) is 0.222. The number of carbonyl (C=O) groups excluding carboxylic acids is 2. The molecule has 1 aliphatic rings. The number of aromatic amines is 1. The topological polar surface area (TPSA) is 154 Å². The Labute approximate surface area is 229 Å². The molecule has 39 heavy (non-hydrogen) atoms. The summed E-state index contributed by atoms with van der Waals surface area (Å²) >= 11 is 1.67. The van der Waals surface area contributed by atoms with Gasteiger partial charge in [-0.2, -0.15) is 5.10 Å². The number of nitrogens with one attached hydrogen (secondary N) is 4. The van der Waals surface area contributed by atoms with Crippen LogP contribution in [0.5, 0.6) is 0 Å². The number of thiophene rings is 1. The summed E-state index contributed by atoms with van der Waals surface area (Å²) in [6, 6.07) is 5.15. The van der Waals surface area contributed by atoms with Crippen LogP contribution < -0.4 is 16.0 Å². The predicted octanol–water partition coefficient (Wildman–Crippen LogP) is 3.81. The van der Waals surface area contributed by atoms with Crippen LogP contribution in [-0.4, -0.2) is 62.1 Å². The molecule has 12 heteroatoms. The van der Waals surface area contributed by atoms with E-state index in [0.717, 1.165) is 51.9 Å². The minimum atomic E-state index is -0.862. The maximum absolute atomic E-state index is 12.8. The minimum absolute atomic E-state index is 0.109. The molecule has 206 valence electrons. The molecule has 0 saturated carbocycles. The van der Waals surface area contributed by atoms with E-state index in [1.807, 2.05) is 18.2 Å². The first-order valence-corrected chi connectivity index (χ1v) is 13.9. The number of amides is 2. The first-order chi connectivity index (χ1) is 18.7. The van der Waals surface area contributed by atoms with Crippen molar-refractivity contribution in [3.63, 3.8) is 0 Å². The maximum Gasteiger partial charge on any atom is 0.408 e. The molecule has 4 aromatic rings. The lowest BCUT2D eigenvalue weighted by Crippen LogP contribution is -2.49. The van der Waals surface area contributed by atoms with Crippen molar-refractivity contribution in [3.05, 3.63) is 41.2 Å². The van der Waals surface area contributed by atoms with E-state index in [2.05, 4.69) is 36.1 Å². The summed E-state index contributed by atoms with van der Waals surface area (Å²) in [5.74, 6) is 0.704. The molecule has 5 N–H and O–H groups in total. The number of aliphatic hydroxyl groups is 1. The van der Waals surface area contributed by atoms with E-state index in [1.165, 1.54) is 10.4 Å². The second-order valence-electron chi connectivity index (χ2n) is 10.8. The number of aliphatic hydroxyl groups excluding tert-OH is 1. The summed E-state index contributed by atoms with van der Waals surface area (Å²) < 4.78 is 5.26. The molecular weight excluding hydrogens is 518 g/mol. The Hall–Kier alpha value is -3.77. The van der Waals surface area contributed by atoms with Gasteiger partial charge in [-0.1, -0.05) is 0 Å². The number of aryl methyl sites for hydroxylation is 1. The summed E-state index contributed by atoms with van der Waals surface area (Å²) in [5.41, 5.74) is 2.48. The Morgan fingerprint density at radius 3 is 2.92 bits per heavy atom. The molecule has 0 bridgehead atoms. The molecule has 1 aliphatic carbocycles. The predicted molar refractivity (Wildman–Crippen MR) is 150 cm³/mol. The molecule has 3 aromatic heterocycles. The van der Waals surface area contributed by atoms with Crippen LogP contribution in [0.2, 0.25) is 0 Å². The molecular formula is C27H33N7O4S. The molecule has 2 amide bonds. The van der Waals surface area contributed by atoms with Crippen molar-refractivity contribution in [2.75, 3.05) is 18.5 Å². The molecule has 3 heterocycles. The van der Waals surface area contributed by atoms with E-state index in [-0.39, 0.29) is 24.9 Å². The van der Waals surface area contributed by atoms with Gasteiger partial charge in [-0.05, 0) is 76.1 Å². The number of H-pyrrole nitrogens is 1. The van der Waals surface area contributed by atoms with E-state index in [1.54, 1.807) is 44.6 Å². The number of aromatic nitrogens is 4. The average Bonchev–Trinajstić information content (AvgIpc) is 3.50. The van der Waals surface area contributed by atoms with E-state index in [4.69, 9.17) is 4.74 Å². The highest BCUT2D eigenvalue weighted by atomic mass is 32.1. The minimum Gasteiger partial charge on any atom is -0.444 e. The van der Waals surface area contributed by atoms with Crippen molar-refractivity contribution in [2.45, 2.75) is 58.1 Å². The number of ether oxygens (including phenoxy) is 1. The molecule has 1 unspecified atom stereocenters. The first kappa shape index (κ1) is 26.8. The lowest BCUT2D eigenvalue weighted by molar-refractivity contribution is -0.123. The number of benzene rings is 1. The standard InChI is InChI=1S/C27H33N7O4S/c1-27(2,3)38-26(37)33-20(8-9-35)24(36)28-12-15-4-6-18-21(10-15)39-25-22(18)23(29-14-30-25)32-17-5-7-19-16(11-17)13-31-34-19/h5,7,11,13-15,20,35H,4,6,8-10,12H2,1-3H3,(H,28,36)(H,31,34)(H,33,37)(H,29,30,32)/t15?,20-/m0/s1. The summed E-state index contributed by atoms with van der Waals surface area (Å²) in [4.78, 5) is 36.3. The van der Waals surface area contributed by atoms with Crippen LogP contribution in [-0.2, 0) is 22.4 Å². The van der Waals surface area contributed by atoms with Gasteiger partial charge in [0.2, 0.25) is 5.91 Å². The van der Waals surface area contributed by atoms with Gasteiger partial charge in [0, 0.05) is 29.1 Å². The summed E-state index contributed by atoms with van der Waals surface area (Å²) in [6.07, 6.45) is 5.38. The van der Waals surface area contributed by atoms with Crippen LogP contribution in [0, 0.1) is 5.92 Å². The second-order valence-corrected chi connectivity index (χ2v) is 11.9. The molecule has 2 atom stereocenters. The molecule has 11 nitrogen and oxygen atoms in total. The largest absolute Gasteiger partial charge is 0.444 e. The van der Waals surface area contributed by atoms with Gasteiger partial charge in [-0.3, -0.25) is 9.89 Å². The van der Waals surface area contributed by atoms with Gasteiger partial charge in [0.05, 0.1) is 17.1 Å². The molecule has 0 saturated heterocycles. The number of nitrogens with zero attached hydrogens (tertiary/aromatic N) is 3. The number of fused-ring (bicyclic) bond motifs is 4. The first-order valence-electron chi connectivity index (χ1n) is 13.0. The Bertz CT molecular complexity index is 1490. The fourth-order valence-electron chi connectivity index (χ4n) is 4.82. The number of hydrogen-bond donors (Lipinski definition) is 5. The third-order valence-electron chi connectivity index (χ3n) is 6.64. The van der Waals surface area contributed by atoms with Crippen LogP contribution in [0.3, 0.4) is 0 Å². The van der Waals surface area contributed by atoms with Crippen molar-refractivity contribution in [1.82, 2.24) is 30.8 Å². The van der Waals surface area contributed by atoms with E-state index >= 15 is 0 Å². The van der Waals surface area contributed by atoms with Crippen molar-refractivity contribution in [3.8, 4) is 0 Å². The van der Waals surface area contributed by atoms with Crippen LogP contribution in [0.4, 0.5) is 16.3 Å². The molecule has 5 rings (SSSR count). The monoisotopic (exact) mass is 551 g/mol. The second kappa shape index (κ2) is 11.1. The van der Waals surface area contributed by atoms with Crippen molar-refractivity contribution >= 4 is 56.0 Å². The average molecular weight is 552 g/mol. The molecule has 0 fully saturated rings. The van der Waals surface area contributed by atoms with Crippen LogP contribution in [0.1, 0.15) is 44.1 Å². The van der Waals surface area contributed by atoms with Crippen molar-refractivity contribution < 1.29 is 19.4 Å². The Kier molecular flexibility index (Phi) is 7.67. The Morgan fingerprint density at radius 1 is 1.28 bits per heavy atom. The third-order valence-corrected chi connectivity index (χ3v) is 7.80. The molecule has 1 aromatic carbocycles. The number of hydrogen-bond acceptors (Lipinski definition) is 9. The zero-order valence-corrected chi connectivity index (χ0v) is 23.0. The maximum atomic E-state index is 12.8. The van der Waals surface area contributed by atoms with E-state index in [9.17, 15) is 14.7 Å². The third kappa shape index (κ3) is 6.28. The highest BCUT2D eigenvalue weighted by Crippen LogP contribution is 2.40. The summed E-state index contributed by atoms with van der Waals surface area (Å²) in [5, 5.41) is 27.5. The Balaban J connectivity index is 1.24. The highest BCUT2D eigenvalue weighted by Gasteiger charge is 2.28. The summed E-state index contributed by atoms with van der Waals surface area (Å²) in [7, 11) is 0. The zero-order chi connectivity index (χ0) is 27.6. The molecule has 0 spiro atoms.